The van der Waals surface area contributed by atoms with Gasteiger partial charge in [0.05, 0.1) is 6.20 Å². The van der Waals surface area contributed by atoms with E-state index in [0.29, 0.717) is 18.9 Å². The molecule has 0 radical (unpaired) electrons. The van der Waals surface area contributed by atoms with Crippen LogP contribution in [-0.2, 0) is 14.3 Å². The first-order valence-corrected chi connectivity index (χ1v) is 7.39. The number of H-pyrrole nitrogens is 1. The molecule has 124 valence electrons. The molecular weight excluding hydrogens is 302 g/mol. The van der Waals surface area contributed by atoms with Crippen molar-refractivity contribution in [2.24, 2.45) is 0 Å². The van der Waals surface area contributed by atoms with Crippen LogP contribution < -0.4 is 10.9 Å². The third-order valence-corrected chi connectivity index (χ3v) is 2.89. The molecule has 0 bridgehead atoms. The Kier molecular flexibility index (Phi) is 5.72. The Labute approximate surface area is 132 Å². The van der Waals surface area contributed by atoms with Gasteiger partial charge in [-0.3, -0.25) is 19.9 Å². The first-order chi connectivity index (χ1) is 11.1. The first kappa shape index (κ1) is 17.0. The number of aromatic amines is 1. The molecule has 9 nitrogen and oxygen atoms in total. The Bertz CT molecular complexity index is 740. The van der Waals surface area contributed by atoms with E-state index in [1.165, 1.54) is 6.20 Å². The number of nitrogens with zero attached hydrogens (tertiary/aromatic N) is 3. The molecule has 9 heteroatoms. The number of ether oxygens (including phenoxy) is 2. The summed E-state index contributed by atoms with van der Waals surface area (Å²) in [4.78, 5) is 38.4. The van der Waals surface area contributed by atoms with Crippen LogP contribution in [0.5, 0.6) is 0 Å². The summed E-state index contributed by atoms with van der Waals surface area (Å²) in [5, 5.41) is 2.48. The number of fused-ring (bicyclic) bond motifs is 1. The Hall–Kier alpha value is -2.39. The zero-order chi connectivity index (χ0) is 16.8. The summed E-state index contributed by atoms with van der Waals surface area (Å²) in [6, 6.07) is 0. The van der Waals surface area contributed by atoms with Crippen molar-refractivity contribution in [2.45, 2.75) is 33.5 Å². The minimum Gasteiger partial charge on any atom is -0.347 e. The molecule has 0 saturated carbocycles. The van der Waals surface area contributed by atoms with Gasteiger partial charge in [0.15, 0.2) is 11.2 Å². The zero-order valence-electron chi connectivity index (χ0n) is 13.3. The fourth-order valence-corrected chi connectivity index (χ4v) is 1.85. The third kappa shape index (κ3) is 4.08. The van der Waals surface area contributed by atoms with Crippen LogP contribution in [0.1, 0.15) is 39.2 Å². The number of hydrogen-bond donors (Lipinski definition) is 2. The minimum atomic E-state index is -0.694. The van der Waals surface area contributed by atoms with Gasteiger partial charge in [0.1, 0.15) is 5.69 Å². The fraction of sp³-hybridized carbons (Fsp3) is 0.500. The summed E-state index contributed by atoms with van der Waals surface area (Å²) >= 11 is 0. The molecule has 0 saturated heterocycles. The lowest BCUT2D eigenvalue weighted by Gasteiger charge is -2.15. The average Bonchev–Trinajstić information content (AvgIpc) is 2.54. The quantitative estimate of drug-likeness (QED) is 0.734. The molecule has 0 aromatic carbocycles. The summed E-state index contributed by atoms with van der Waals surface area (Å²) in [5.74, 6) is -0.215. The van der Waals surface area contributed by atoms with Crippen LogP contribution in [-0.4, -0.2) is 39.1 Å². The number of carbonyl (C=O) groups is 1. The van der Waals surface area contributed by atoms with Gasteiger partial charge in [-0.1, -0.05) is 6.92 Å². The lowest BCUT2D eigenvalue weighted by Crippen LogP contribution is -2.20. The van der Waals surface area contributed by atoms with Crippen LogP contribution in [0.25, 0.3) is 11.2 Å². The van der Waals surface area contributed by atoms with Crippen LogP contribution in [0.15, 0.2) is 11.0 Å². The van der Waals surface area contributed by atoms with Gasteiger partial charge in [-0.05, 0) is 13.8 Å². The lowest BCUT2D eigenvalue weighted by molar-refractivity contribution is -0.142. The van der Waals surface area contributed by atoms with E-state index < -0.39 is 11.8 Å². The number of anilines is 1. The van der Waals surface area contributed by atoms with Crippen LogP contribution in [0, 0.1) is 0 Å². The van der Waals surface area contributed by atoms with E-state index in [-0.39, 0.29) is 29.4 Å². The van der Waals surface area contributed by atoms with Gasteiger partial charge in [0, 0.05) is 19.6 Å². The van der Waals surface area contributed by atoms with Gasteiger partial charge in [0.25, 0.3) is 5.56 Å². The van der Waals surface area contributed by atoms with Crippen molar-refractivity contribution < 1.29 is 14.3 Å². The van der Waals surface area contributed by atoms with E-state index in [1.54, 1.807) is 6.92 Å². The van der Waals surface area contributed by atoms with Crippen molar-refractivity contribution in [3.63, 3.8) is 0 Å². The molecule has 0 fully saturated rings. The molecule has 0 aliphatic rings. The largest absolute Gasteiger partial charge is 0.347 e. The second-order valence-electron chi connectivity index (χ2n) is 4.53. The van der Waals surface area contributed by atoms with Crippen LogP contribution in [0.4, 0.5) is 5.95 Å². The smallest absolute Gasteiger partial charge is 0.280 e. The Balaban J connectivity index is 2.40. The highest BCUT2D eigenvalue weighted by atomic mass is 16.7. The van der Waals surface area contributed by atoms with E-state index in [2.05, 4.69) is 25.3 Å². The average molecular weight is 321 g/mol. The summed E-state index contributed by atoms with van der Waals surface area (Å²) in [6.45, 7) is 6.22. The Morgan fingerprint density at radius 1 is 1.26 bits per heavy atom. The second kappa shape index (κ2) is 7.75. The van der Waals surface area contributed by atoms with Crippen molar-refractivity contribution in [3.05, 3.63) is 22.2 Å². The van der Waals surface area contributed by atoms with Crippen molar-refractivity contribution >= 4 is 23.0 Å². The zero-order valence-corrected chi connectivity index (χ0v) is 13.3. The summed E-state index contributed by atoms with van der Waals surface area (Å²) in [6.07, 6.45) is 1.02. The molecule has 2 aromatic heterocycles. The van der Waals surface area contributed by atoms with Gasteiger partial charge < -0.3 is 9.47 Å². The van der Waals surface area contributed by atoms with Gasteiger partial charge in [-0.2, -0.15) is 4.98 Å². The first-order valence-electron chi connectivity index (χ1n) is 7.39. The number of rotatable bonds is 7. The summed E-state index contributed by atoms with van der Waals surface area (Å²) in [5.41, 5.74) is 0.0818. The van der Waals surface area contributed by atoms with E-state index in [0.717, 1.165) is 0 Å². The fourth-order valence-electron chi connectivity index (χ4n) is 1.85. The Morgan fingerprint density at radius 3 is 2.57 bits per heavy atom. The molecule has 2 N–H and O–H groups in total. The second-order valence-corrected chi connectivity index (χ2v) is 4.53. The maximum atomic E-state index is 12.1. The number of carbonyl (C=O) groups excluding carboxylic acids is 1. The topological polar surface area (TPSA) is 119 Å². The van der Waals surface area contributed by atoms with Crippen molar-refractivity contribution in [3.8, 4) is 0 Å². The van der Waals surface area contributed by atoms with Gasteiger partial charge in [-0.15, -0.1) is 0 Å². The number of amides is 1. The number of aromatic nitrogens is 4. The molecular formula is C14H19N5O4. The van der Waals surface area contributed by atoms with Gasteiger partial charge in [0.2, 0.25) is 18.1 Å². The highest BCUT2D eigenvalue weighted by molar-refractivity contribution is 5.89. The molecule has 1 amide bonds. The normalized spacial score (nSPS) is 11.1. The van der Waals surface area contributed by atoms with Crippen LogP contribution in [0.3, 0.4) is 0 Å². The summed E-state index contributed by atoms with van der Waals surface area (Å²) in [7, 11) is 0. The van der Waals surface area contributed by atoms with Crippen molar-refractivity contribution in [2.75, 3.05) is 18.5 Å². The highest BCUT2D eigenvalue weighted by Crippen LogP contribution is 2.17. The molecule has 0 aliphatic carbocycles. The Morgan fingerprint density at radius 2 is 1.96 bits per heavy atom. The highest BCUT2D eigenvalue weighted by Gasteiger charge is 2.16. The molecule has 0 aliphatic heterocycles. The maximum Gasteiger partial charge on any atom is 0.280 e. The van der Waals surface area contributed by atoms with Crippen molar-refractivity contribution in [1.29, 1.82) is 0 Å². The third-order valence-electron chi connectivity index (χ3n) is 2.89. The molecule has 2 rings (SSSR count). The monoisotopic (exact) mass is 321 g/mol. The van der Waals surface area contributed by atoms with E-state index in [4.69, 9.17) is 9.47 Å². The van der Waals surface area contributed by atoms with Crippen LogP contribution >= 0.6 is 0 Å². The van der Waals surface area contributed by atoms with E-state index in [9.17, 15) is 9.59 Å². The van der Waals surface area contributed by atoms with Gasteiger partial charge in [-0.25, -0.2) is 9.97 Å². The van der Waals surface area contributed by atoms with Gasteiger partial charge >= 0.3 is 0 Å². The minimum absolute atomic E-state index is 0.0440. The van der Waals surface area contributed by atoms with Crippen LogP contribution in [0.2, 0.25) is 0 Å². The van der Waals surface area contributed by atoms with Crippen molar-refractivity contribution in [1.82, 2.24) is 19.9 Å². The van der Waals surface area contributed by atoms with E-state index >= 15 is 0 Å². The molecule has 23 heavy (non-hydrogen) atoms. The molecule has 0 atom stereocenters. The molecule has 2 aromatic rings. The predicted octanol–water partition coefficient (Wildman–Crippen LogP) is 1.13. The SMILES string of the molecule is CCOC(OCC)c1cnc2nc(NC(=O)CC)[nH]c(=O)c2n1. The summed E-state index contributed by atoms with van der Waals surface area (Å²) < 4.78 is 10.9. The van der Waals surface area contributed by atoms with E-state index in [1.807, 2.05) is 13.8 Å². The molecule has 0 spiro atoms. The maximum absolute atomic E-state index is 12.1. The molecule has 0 unspecified atom stereocenters. The lowest BCUT2D eigenvalue weighted by atomic mass is 10.4. The standard InChI is InChI=1S/C14H19N5O4/c1-4-9(20)17-14-18-11-10(12(21)19-14)16-8(7-15-11)13(22-5-2)23-6-3/h7,13H,4-6H2,1-3H3,(H2,15,17,18,19,20,21). The predicted molar refractivity (Wildman–Crippen MR) is 82.9 cm³/mol. The number of nitrogens with one attached hydrogen (secondary N) is 2. The molecule has 2 heterocycles. The number of hydrogen-bond acceptors (Lipinski definition) is 7.